The van der Waals surface area contributed by atoms with Crippen molar-refractivity contribution in [3.8, 4) is 11.5 Å². The number of benzene rings is 1. The number of nitrogens with zero attached hydrogens (tertiary/aromatic N) is 1. The molecule has 1 aliphatic carbocycles. The van der Waals surface area contributed by atoms with Gasteiger partial charge in [-0.1, -0.05) is 34.1 Å². The van der Waals surface area contributed by atoms with E-state index in [0.717, 1.165) is 30.9 Å². The minimum absolute atomic E-state index is 0.0241. The van der Waals surface area contributed by atoms with E-state index in [0.29, 0.717) is 23.4 Å². The molecule has 0 amide bonds. The number of fused-ring (bicyclic) bond motifs is 2. The fourth-order valence-corrected chi connectivity index (χ4v) is 4.84. The van der Waals surface area contributed by atoms with Crippen LogP contribution in [0.25, 0.3) is 0 Å². The number of likely N-dealkylation sites (tertiary alicyclic amines) is 1. The molecule has 5 atom stereocenters. The van der Waals surface area contributed by atoms with Crippen molar-refractivity contribution in [1.82, 2.24) is 4.90 Å². The third-order valence-corrected chi connectivity index (χ3v) is 6.04. The molecule has 3 aliphatic rings. The molecule has 130 valence electrons. The maximum Gasteiger partial charge on any atom is 0.162 e. The summed E-state index contributed by atoms with van der Waals surface area (Å²) in [6, 6.07) is 6.84. The van der Waals surface area contributed by atoms with Gasteiger partial charge in [-0.15, -0.1) is 0 Å². The van der Waals surface area contributed by atoms with Gasteiger partial charge in [0.15, 0.2) is 11.5 Å². The first kappa shape index (κ1) is 16.4. The minimum Gasteiger partial charge on any atom is -0.493 e. The maximum absolute atomic E-state index is 6.51. The van der Waals surface area contributed by atoms with Crippen molar-refractivity contribution in [2.24, 2.45) is 11.8 Å². The fourth-order valence-electron chi connectivity index (χ4n) is 4.53. The van der Waals surface area contributed by atoms with Crippen LogP contribution < -0.4 is 9.47 Å². The molecule has 0 unspecified atom stereocenters. The molecular weight excluding hydrogens is 370 g/mol. The summed E-state index contributed by atoms with van der Waals surface area (Å²) in [6.07, 6.45) is 6.73. The van der Waals surface area contributed by atoms with Gasteiger partial charge in [0.2, 0.25) is 0 Å². The minimum atomic E-state index is -0.0267. The molecule has 5 heteroatoms. The number of hydrogen-bond donors (Lipinski definition) is 0. The van der Waals surface area contributed by atoms with E-state index in [4.69, 9.17) is 14.2 Å². The topological polar surface area (TPSA) is 30.9 Å². The molecule has 4 rings (SSSR count). The highest BCUT2D eigenvalue weighted by atomic mass is 79.9. The van der Waals surface area contributed by atoms with Crippen LogP contribution in [-0.4, -0.2) is 49.4 Å². The SMILES string of the molecule is COc1ccc2cc1O[C@@H]1[C@H]3CCN(C)[C@H](C2)[C@@H]3C=C[C@@H]1OCBr. The number of likely N-dealkylation sites (N-methyl/N-ethyl adjacent to an activating group) is 1. The van der Waals surface area contributed by atoms with E-state index in [9.17, 15) is 0 Å². The van der Waals surface area contributed by atoms with Gasteiger partial charge in [0.1, 0.15) is 17.7 Å². The third-order valence-electron chi connectivity index (χ3n) is 5.78. The molecule has 2 heterocycles. The Hall–Kier alpha value is -1.04. The zero-order chi connectivity index (χ0) is 16.7. The summed E-state index contributed by atoms with van der Waals surface area (Å²) in [5.74, 6) is 2.61. The lowest BCUT2D eigenvalue weighted by Crippen LogP contribution is -2.55. The van der Waals surface area contributed by atoms with Crippen LogP contribution in [0.1, 0.15) is 12.0 Å². The normalized spacial score (nSPS) is 34.7. The number of methoxy groups -OCH3 is 1. The highest BCUT2D eigenvalue weighted by Gasteiger charge is 2.46. The van der Waals surface area contributed by atoms with Gasteiger partial charge < -0.3 is 19.1 Å². The monoisotopic (exact) mass is 393 g/mol. The van der Waals surface area contributed by atoms with Gasteiger partial charge in [-0.05, 0) is 50.0 Å². The lowest BCUT2D eigenvalue weighted by atomic mass is 9.71. The molecule has 0 aromatic heterocycles. The molecule has 1 aromatic rings. The predicted octanol–water partition coefficient (Wildman–Crippen LogP) is 3.24. The van der Waals surface area contributed by atoms with Crippen LogP contribution in [0.15, 0.2) is 30.4 Å². The second kappa shape index (κ2) is 6.70. The molecule has 2 aliphatic heterocycles. The van der Waals surface area contributed by atoms with Crippen LogP contribution in [0.3, 0.4) is 0 Å². The smallest absolute Gasteiger partial charge is 0.162 e. The highest BCUT2D eigenvalue weighted by molar-refractivity contribution is 9.09. The summed E-state index contributed by atoms with van der Waals surface area (Å²) in [7, 11) is 3.94. The predicted molar refractivity (Wildman–Crippen MR) is 96.9 cm³/mol. The average Bonchev–Trinajstić information content (AvgIpc) is 2.60. The number of alkyl halides is 1. The summed E-state index contributed by atoms with van der Waals surface area (Å²) in [6.45, 7) is 1.10. The van der Waals surface area contributed by atoms with Gasteiger partial charge >= 0.3 is 0 Å². The summed E-state index contributed by atoms with van der Waals surface area (Å²) in [5.41, 5.74) is 1.82. The Labute approximate surface area is 151 Å². The number of piperidine rings is 1. The lowest BCUT2D eigenvalue weighted by Gasteiger charge is -2.48. The van der Waals surface area contributed by atoms with E-state index >= 15 is 0 Å². The van der Waals surface area contributed by atoms with Gasteiger partial charge in [0.05, 0.1) is 7.11 Å². The Balaban J connectivity index is 1.80. The van der Waals surface area contributed by atoms with E-state index in [1.165, 1.54) is 5.56 Å². The first-order valence-corrected chi connectivity index (χ1v) is 9.73. The number of ether oxygens (including phenoxy) is 3. The fraction of sp³-hybridized carbons (Fsp3) is 0.579. The van der Waals surface area contributed by atoms with Crippen molar-refractivity contribution in [2.45, 2.75) is 31.1 Å². The number of hydrogen-bond acceptors (Lipinski definition) is 4. The first-order chi connectivity index (χ1) is 11.7. The quantitative estimate of drug-likeness (QED) is 0.582. The van der Waals surface area contributed by atoms with Crippen molar-refractivity contribution in [3.63, 3.8) is 0 Å². The van der Waals surface area contributed by atoms with Gasteiger partial charge in [-0.3, -0.25) is 0 Å². The molecular formula is C19H24BrNO3. The molecule has 24 heavy (non-hydrogen) atoms. The maximum atomic E-state index is 6.51. The molecule has 1 fully saturated rings. The van der Waals surface area contributed by atoms with Crippen molar-refractivity contribution >= 4 is 15.9 Å². The van der Waals surface area contributed by atoms with E-state index < -0.39 is 0 Å². The Kier molecular flexibility index (Phi) is 4.58. The summed E-state index contributed by atoms with van der Waals surface area (Å²) in [4.78, 5) is 2.50. The summed E-state index contributed by atoms with van der Waals surface area (Å²) >= 11 is 3.40. The van der Waals surface area contributed by atoms with Gasteiger partial charge in [-0.2, -0.15) is 0 Å². The van der Waals surface area contributed by atoms with Crippen molar-refractivity contribution in [1.29, 1.82) is 0 Å². The zero-order valence-corrected chi connectivity index (χ0v) is 15.7. The summed E-state index contributed by atoms with van der Waals surface area (Å²) < 4.78 is 18.0. The van der Waals surface area contributed by atoms with Crippen LogP contribution >= 0.6 is 15.9 Å². The van der Waals surface area contributed by atoms with Crippen LogP contribution in [0.4, 0.5) is 0 Å². The van der Waals surface area contributed by atoms with Crippen LogP contribution in [0.2, 0.25) is 0 Å². The number of rotatable bonds is 3. The first-order valence-electron chi connectivity index (χ1n) is 8.61. The van der Waals surface area contributed by atoms with Crippen LogP contribution in [-0.2, 0) is 11.2 Å². The highest BCUT2D eigenvalue weighted by Crippen LogP contribution is 2.43. The second-order valence-corrected chi connectivity index (χ2v) is 7.43. The number of halogens is 1. The molecule has 0 N–H and O–H groups in total. The standard InChI is InChI=1S/C19H24BrNO3/c1-21-8-7-14-13-4-6-17(23-11-20)19(14)24-18-10-12(9-15(13)21)3-5-16(18)22-2/h3-6,10,13-15,17,19H,7-9,11H2,1-2H3/t13-,14+,15-,17+,19-/m1/s1. The zero-order valence-electron chi connectivity index (χ0n) is 14.2. The summed E-state index contributed by atoms with van der Waals surface area (Å²) in [5, 5.41) is 0. The molecule has 1 aromatic carbocycles. The van der Waals surface area contributed by atoms with Gasteiger partial charge in [0.25, 0.3) is 0 Å². The molecule has 0 radical (unpaired) electrons. The second-order valence-electron chi connectivity index (χ2n) is 6.97. The third kappa shape index (κ3) is 2.76. The van der Waals surface area contributed by atoms with Gasteiger partial charge in [0, 0.05) is 12.0 Å². The van der Waals surface area contributed by atoms with Crippen molar-refractivity contribution < 1.29 is 14.2 Å². The van der Waals surface area contributed by atoms with E-state index in [-0.39, 0.29) is 12.2 Å². The van der Waals surface area contributed by atoms with Crippen LogP contribution in [0, 0.1) is 11.8 Å². The molecule has 0 spiro atoms. The van der Waals surface area contributed by atoms with E-state index in [1.807, 2.05) is 6.07 Å². The Morgan fingerprint density at radius 3 is 3.00 bits per heavy atom. The van der Waals surface area contributed by atoms with Crippen molar-refractivity contribution in [3.05, 3.63) is 35.9 Å². The largest absolute Gasteiger partial charge is 0.493 e. The molecule has 0 saturated carbocycles. The molecule has 6 bridgehead atoms. The average molecular weight is 394 g/mol. The van der Waals surface area contributed by atoms with Crippen LogP contribution in [0.5, 0.6) is 11.5 Å². The Bertz CT molecular complexity index is 635. The Morgan fingerprint density at radius 2 is 2.21 bits per heavy atom. The van der Waals surface area contributed by atoms with Crippen molar-refractivity contribution in [2.75, 3.05) is 26.2 Å². The lowest BCUT2D eigenvalue weighted by molar-refractivity contribution is -0.0538. The van der Waals surface area contributed by atoms with E-state index in [1.54, 1.807) is 7.11 Å². The van der Waals surface area contributed by atoms with Gasteiger partial charge in [-0.25, -0.2) is 0 Å². The van der Waals surface area contributed by atoms with E-state index in [2.05, 4.69) is 52.2 Å². The molecule has 4 nitrogen and oxygen atoms in total. The molecule has 1 saturated heterocycles. The Morgan fingerprint density at radius 1 is 1.33 bits per heavy atom.